The first kappa shape index (κ1) is 21.6. The summed E-state index contributed by atoms with van der Waals surface area (Å²) in [6, 6.07) is 11.7. The second-order valence-electron chi connectivity index (χ2n) is 7.75. The Morgan fingerprint density at radius 3 is 2.68 bits per heavy atom. The Kier molecular flexibility index (Phi) is 4.88. The summed E-state index contributed by atoms with van der Waals surface area (Å²) >= 11 is 0. The van der Waals surface area contributed by atoms with Gasteiger partial charge in [0.25, 0.3) is 0 Å². The average molecular weight is 476 g/mol. The summed E-state index contributed by atoms with van der Waals surface area (Å²) in [6.45, 7) is 2.07. The fourth-order valence-corrected chi connectivity index (χ4v) is 4.67. The Morgan fingerprint density at radius 2 is 1.97 bits per heavy atom. The summed E-state index contributed by atoms with van der Waals surface area (Å²) in [5.41, 5.74) is 2.82. The molecule has 0 aliphatic carbocycles. The maximum Gasteiger partial charge on any atom is 0.333 e. The molecular formula is C24H17FN4O4S. The summed E-state index contributed by atoms with van der Waals surface area (Å²) in [5, 5.41) is 10.8. The van der Waals surface area contributed by atoms with Gasteiger partial charge in [0.2, 0.25) is 0 Å². The average Bonchev–Trinajstić information content (AvgIpc) is 3.21. The van der Waals surface area contributed by atoms with E-state index in [1.807, 2.05) is 0 Å². The van der Waals surface area contributed by atoms with Gasteiger partial charge >= 0.3 is 10.2 Å². The molecule has 1 N–H and O–H groups in total. The molecule has 0 atom stereocenters. The molecule has 0 radical (unpaired) electrons. The molecule has 0 spiro atoms. The lowest BCUT2D eigenvalue weighted by molar-refractivity contribution is 0.342. The number of nitrogens with one attached hydrogen (secondary N) is 1. The number of fused-ring (bicyclic) bond motifs is 4. The van der Waals surface area contributed by atoms with Gasteiger partial charge in [-0.3, -0.25) is 9.78 Å². The van der Waals surface area contributed by atoms with E-state index in [4.69, 9.17) is 4.74 Å². The zero-order valence-corrected chi connectivity index (χ0v) is 18.9. The van der Waals surface area contributed by atoms with Gasteiger partial charge in [0.15, 0.2) is 5.43 Å². The van der Waals surface area contributed by atoms with Crippen molar-refractivity contribution >= 4 is 43.1 Å². The monoisotopic (exact) mass is 476 g/mol. The van der Waals surface area contributed by atoms with Crippen LogP contribution in [-0.2, 0) is 17.3 Å². The van der Waals surface area contributed by atoms with Gasteiger partial charge in [-0.15, -0.1) is 3.89 Å². The molecule has 5 rings (SSSR count). The summed E-state index contributed by atoms with van der Waals surface area (Å²) in [6.07, 6.45) is 2.33. The minimum atomic E-state index is -4.95. The zero-order valence-electron chi connectivity index (χ0n) is 18.1. The van der Waals surface area contributed by atoms with E-state index in [0.29, 0.717) is 61.9 Å². The van der Waals surface area contributed by atoms with E-state index in [0.717, 1.165) is 6.20 Å². The van der Waals surface area contributed by atoms with Crippen molar-refractivity contribution in [3.8, 4) is 22.9 Å². The number of aromatic nitrogens is 3. The second kappa shape index (κ2) is 7.67. The summed E-state index contributed by atoms with van der Waals surface area (Å²) in [4.78, 5) is 20.1. The largest absolute Gasteiger partial charge is 0.493 e. The van der Waals surface area contributed by atoms with Crippen LogP contribution in [0.5, 0.6) is 5.75 Å². The van der Waals surface area contributed by atoms with E-state index >= 15 is 0 Å². The fourth-order valence-electron chi connectivity index (χ4n) is 4.22. The number of hydrogen-bond donors (Lipinski definition) is 1. The molecular weight excluding hydrogens is 459 g/mol. The third kappa shape index (κ3) is 3.29. The molecule has 0 bridgehead atoms. The number of pyridine rings is 2. The van der Waals surface area contributed by atoms with E-state index in [1.165, 1.54) is 12.3 Å². The highest BCUT2D eigenvalue weighted by atomic mass is 32.3. The van der Waals surface area contributed by atoms with Crippen LogP contribution >= 0.6 is 0 Å². The molecule has 0 aliphatic heterocycles. The Labute approximate surface area is 193 Å². The molecule has 3 heterocycles. The van der Waals surface area contributed by atoms with Crippen molar-refractivity contribution < 1.29 is 17.0 Å². The van der Waals surface area contributed by atoms with Gasteiger partial charge in [0.05, 0.1) is 34.5 Å². The van der Waals surface area contributed by atoms with E-state index in [1.54, 1.807) is 48.9 Å². The third-order valence-corrected chi connectivity index (χ3v) is 6.57. The topological polar surface area (TPSA) is 118 Å². The van der Waals surface area contributed by atoms with Crippen LogP contribution in [-0.4, -0.2) is 29.6 Å². The minimum absolute atomic E-state index is 0.218. The van der Waals surface area contributed by atoms with Crippen LogP contribution in [0.2, 0.25) is 0 Å². The molecule has 0 saturated heterocycles. The van der Waals surface area contributed by atoms with Gasteiger partial charge < -0.3 is 14.3 Å². The first-order valence-corrected chi connectivity index (χ1v) is 11.7. The number of rotatable bonds is 4. The number of nitriles is 1. The first-order chi connectivity index (χ1) is 16.2. The number of hydrogen-bond acceptors (Lipinski definition) is 6. The Hall–Kier alpha value is -4.23. The van der Waals surface area contributed by atoms with Gasteiger partial charge in [-0.2, -0.15) is 13.7 Å². The molecule has 8 nitrogen and oxygen atoms in total. The summed E-state index contributed by atoms with van der Waals surface area (Å²) in [5.74, 6) is 0.341. The highest BCUT2D eigenvalue weighted by Crippen LogP contribution is 2.36. The molecule has 5 aromatic rings. The number of H-pyrrole nitrogens is 1. The normalized spacial score (nSPS) is 11.8. The van der Waals surface area contributed by atoms with Crippen molar-refractivity contribution in [3.05, 3.63) is 64.6 Å². The lowest BCUT2D eigenvalue weighted by atomic mass is 10.0. The molecule has 0 amide bonds. The van der Waals surface area contributed by atoms with Crippen LogP contribution in [0.4, 0.5) is 3.89 Å². The third-order valence-electron chi connectivity index (χ3n) is 5.78. The maximum atomic E-state index is 13.6. The van der Waals surface area contributed by atoms with Crippen molar-refractivity contribution in [3.63, 3.8) is 0 Å². The van der Waals surface area contributed by atoms with Crippen LogP contribution in [0.1, 0.15) is 12.5 Å². The second-order valence-corrected chi connectivity index (χ2v) is 9.10. The standard InChI is InChI=1S/C24H17FN4O4S/c1-3-33-21-9-18-20(8-17(21)14-7-15(12-27-11-14)34(25,31)32)29(2)24-22(23(18)30)16-5-4-13(10-26)6-19(16)28-24/h4-9,11-12,28H,3H2,1-2H3. The van der Waals surface area contributed by atoms with Gasteiger partial charge in [0.1, 0.15) is 16.3 Å². The quantitative estimate of drug-likeness (QED) is 0.389. The van der Waals surface area contributed by atoms with Crippen molar-refractivity contribution in [2.75, 3.05) is 6.61 Å². The molecule has 0 saturated carbocycles. The van der Waals surface area contributed by atoms with Crippen LogP contribution in [0, 0.1) is 11.3 Å². The van der Waals surface area contributed by atoms with Gasteiger partial charge in [-0.25, -0.2) is 0 Å². The molecule has 0 unspecified atom stereocenters. The zero-order chi connectivity index (χ0) is 24.2. The lowest BCUT2D eigenvalue weighted by Crippen LogP contribution is -2.09. The maximum absolute atomic E-state index is 13.6. The predicted octanol–water partition coefficient (Wildman–Crippen LogP) is 4.16. The number of ether oxygens (including phenoxy) is 1. The first-order valence-electron chi connectivity index (χ1n) is 10.3. The Morgan fingerprint density at radius 1 is 1.18 bits per heavy atom. The van der Waals surface area contributed by atoms with Crippen molar-refractivity contribution in [2.45, 2.75) is 11.8 Å². The molecule has 0 fully saturated rings. The number of aryl methyl sites for hydroxylation is 1. The van der Waals surface area contributed by atoms with E-state index < -0.39 is 15.1 Å². The summed E-state index contributed by atoms with van der Waals surface area (Å²) < 4.78 is 44.0. The van der Waals surface area contributed by atoms with Crippen molar-refractivity contribution in [1.29, 1.82) is 5.26 Å². The highest BCUT2D eigenvalue weighted by molar-refractivity contribution is 7.86. The van der Waals surface area contributed by atoms with E-state index in [2.05, 4.69) is 16.0 Å². The van der Waals surface area contributed by atoms with E-state index in [9.17, 15) is 22.4 Å². The predicted molar refractivity (Wildman–Crippen MR) is 126 cm³/mol. The van der Waals surface area contributed by atoms with Crippen LogP contribution in [0.25, 0.3) is 44.0 Å². The molecule has 2 aromatic carbocycles. The molecule has 10 heteroatoms. The molecule has 34 heavy (non-hydrogen) atoms. The number of benzene rings is 2. The van der Waals surface area contributed by atoms with Gasteiger partial charge in [-0.1, -0.05) is 6.07 Å². The highest BCUT2D eigenvalue weighted by Gasteiger charge is 2.20. The number of aromatic amines is 1. The Bertz CT molecular complexity index is 1850. The molecule has 3 aromatic heterocycles. The Balaban J connectivity index is 1.88. The fraction of sp³-hybridized carbons (Fsp3) is 0.125. The molecule has 0 aliphatic rings. The number of halogens is 1. The lowest BCUT2D eigenvalue weighted by Gasteiger charge is -2.15. The van der Waals surface area contributed by atoms with Crippen LogP contribution < -0.4 is 10.2 Å². The SMILES string of the molecule is CCOc1cc2c(=O)c3c4ccc(C#N)cc4[nH]c3n(C)c2cc1-c1cncc(S(=O)(=O)F)c1. The van der Waals surface area contributed by atoms with Crippen LogP contribution in [0.3, 0.4) is 0 Å². The van der Waals surface area contributed by atoms with Crippen LogP contribution in [0.15, 0.2) is 58.5 Å². The van der Waals surface area contributed by atoms with E-state index in [-0.39, 0.29) is 5.43 Å². The van der Waals surface area contributed by atoms with Crippen molar-refractivity contribution in [2.24, 2.45) is 7.05 Å². The number of nitrogens with zero attached hydrogens (tertiary/aromatic N) is 3. The van der Waals surface area contributed by atoms with Crippen molar-refractivity contribution in [1.82, 2.24) is 14.5 Å². The van der Waals surface area contributed by atoms with Gasteiger partial charge in [0, 0.05) is 41.5 Å². The molecule has 170 valence electrons. The van der Waals surface area contributed by atoms with Gasteiger partial charge in [-0.05, 0) is 37.3 Å². The minimum Gasteiger partial charge on any atom is -0.493 e. The smallest absolute Gasteiger partial charge is 0.333 e. The summed E-state index contributed by atoms with van der Waals surface area (Å²) in [7, 11) is -3.16.